The van der Waals surface area contributed by atoms with Crippen molar-refractivity contribution in [3.8, 4) is 5.75 Å². The maximum atomic E-state index is 13.0. The Kier molecular flexibility index (Phi) is 4.25. The molecule has 0 aliphatic heterocycles. The normalized spacial score (nSPS) is 10.8. The van der Waals surface area contributed by atoms with Gasteiger partial charge in [0.1, 0.15) is 5.75 Å². The van der Waals surface area contributed by atoms with Crippen LogP contribution in [0.3, 0.4) is 0 Å². The molecular weight excluding hydrogens is 262 g/mol. The maximum Gasteiger partial charge on any atom is 0.185 e. The van der Waals surface area contributed by atoms with E-state index in [1.165, 1.54) is 25.3 Å². The van der Waals surface area contributed by atoms with Crippen LogP contribution < -0.4 is 4.74 Å². The molecule has 2 nitrogen and oxygen atoms in total. The van der Waals surface area contributed by atoms with Crippen LogP contribution in [0.15, 0.2) is 48.5 Å². The molecule has 0 heterocycles. The van der Waals surface area contributed by atoms with Crippen molar-refractivity contribution in [1.82, 2.24) is 0 Å². The first-order valence-electron chi connectivity index (χ1n) is 5.91. The van der Waals surface area contributed by atoms with Gasteiger partial charge in [-0.2, -0.15) is 0 Å². The van der Waals surface area contributed by atoms with Crippen LogP contribution in [0.1, 0.15) is 15.9 Å². The zero-order valence-electron chi connectivity index (χ0n) is 10.8. The zero-order valence-corrected chi connectivity index (χ0v) is 10.8. The molecular formula is C16H12F2O2. The van der Waals surface area contributed by atoms with Gasteiger partial charge in [0.2, 0.25) is 0 Å². The average Bonchev–Trinajstić information content (AvgIpc) is 2.48. The topological polar surface area (TPSA) is 26.3 Å². The molecule has 0 atom stereocenters. The largest absolute Gasteiger partial charge is 0.497 e. The van der Waals surface area contributed by atoms with E-state index in [4.69, 9.17) is 4.74 Å². The first-order valence-corrected chi connectivity index (χ1v) is 5.91. The van der Waals surface area contributed by atoms with Crippen molar-refractivity contribution >= 4 is 11.9 Å². The highest BCUT2D eigenvalue weighted by Gasteiger charge is 2.04. The number of rotatable bonds is 4. The third kappa shape index (κ3) is 3.29. The molecule has 0 bridgehead atoms. The van der Waals surface area contributed by atoms with Gasteiger partial charge in [-0.15, -0.1) is 0 Å². The van der Waals surface area contributed by atoms with Crippen LogP contribution in [0.4, 0.5) is 8.78 Å². The van der Waals surface area contributed by atoms with Crippen LogP contribution >= 0.6 is 0 Å². The maximum absolute atomic E-state index is 13.0. The molecule has 102 valence electrons. The van der Waals surface area contributed by atoms with Gasteiger partial charge in [-0.3, -0.25) is 4.79 Å². The Morgan fingerprint density at radius 2 is 1.90 bits per heavy atom. The molecule has 0 aliphatic carbocycles. The third-order valence-corrected chi connectivity index (χ3v) is 2.73. The summed E-state index contributed by atoms with van der Waals surface area (Å²) >= 11 is 0. The Morgan fingerprint density at radius 3 is 2.60 bits per heavy atom. The second-order valence-electron chi connectivity index (χ2n) is 4.10. The fourth-order valence-corrected chi connectivity index (χ4v) is 1.66. The van der Waals surface area contributed by atoms with Crippen LogP contribution in [0, 0.1) is 11.6 Å². The molecule has 0 saturated heterocycles. The van der Waals surface area contributed by atoms with Crippen molar-refractivity contribution in [2.24, 2.45) is 0 Å². The van der Waals surface area contributed by atoms with Gasteiger partial charge in [0.05, 0.1) is 7.11 Å². The first kappa shape index (κ1) is 13.9. The molecule has 0 fully saturated rings. The van der Waals surface area contributed by atoms with Crippen molar-refractivity contribution in [2.75, 3.05) is 7.11 Å². The molecule has 0 N–H and O–H groups in total. The van der Waals surface area contributed by atoms with Gasteiger partial charge >= 0.3 is 0 Å². The Morgan fingerprint density at radius 1 is 1.10 bits per heavy atom. The molecule has 2 aromatic carbocycles. The van der Waals surface area contributed by atoms with Gasteiger partial charge in [-0.25, -0.2) is 8.78 Å². The molecule has 2 rings (SSSR count). The van der Waals surface area contributed by atoms with Crippen LogP contribution in [0.25, 0.3) is 6.08 Å². The number of halogens is 2. The highest BCUT2D eigenvalue weighted by atomic mass is 19.2. The zero-order chi connectivity index (χ0) is 14.5. The summed E-state index contributed by atoms with van der Waals surface area (Å²) < 4.78 is 30.8. The van der Waals surface area contributed by atoms with E-state index in [9.17, 15) is 13.6 Å². The number of allylic oxidation sites excluding steroid dienone is 1. The molecule has 20 heavy (non-hydrogen) atoms. The van der Waals surface area contributed by atoms with Gasteiger partial charge in [-0.05, 0) is 35.9 Å². The summed E-state index contributed by atoms with van der Waals surface area (Å²) in [5.74, 6) is -1.52. The minimum Gasteiger partial charge on any atom is -0.497 e. The number of hydrogen-bond donors (Lipinski definition) is 0. The second kappa shape index (κ2) is 6.10. The quantitative estimate of drug-likeness (QED) is 0.625. The lowest BCUT2D eigenvalue weighted by atomic mass is 10.1. The van der Waals surface area contributed by atoms with Crippen molar-refractivity contribution < 1.29 is 18.3 Å². The smallest absolute Gasteiger partial charge is 0.185 e. The van der Waals surface area contributed by atoms with Crippen molar-refractivity contribution in [2.45, 2.75) is 0 Å². The summed E-state index contributed by atoms with van der Waals surface area (Å²) in [7, 11) is 1.51. The van der Waals surface area contributed by atoms with E-state index in [1.54, 1.807) is 24.3 Å². The standard InChI is InChI=1S/C16H12F2O2/c1-20-13-4-2-3-12(10-13)16(19)8-6-11-5-7-14(17)15(18)9-11/h2-10H,1H3. The van der Waals surface area contributed by atoms with Crippen molar-refractivity contribution in [1.29, 1.82) is 0 Å². The van der Waals surface area contributed by atoms with E-state index in [0.29, 0.717) is 16.9 Å². The van der Waals surface area contributed by atoms with E-state index >= 15 is 0 Å². The van der Waals surface area contributed by atoms with Crippen molar-refractivity contribution in [3.05, 3.63) is 71.3 Å². The highest BCUT2D eigenvalue weighted by molar-refractivity contribution is 6.07. The Labute approximate surface area is 115 Å². The fraction of sp³-hybridized carbons (Fsp3) is 0.0625. The van der Waals surface area contributed by atoms with Crippen LogP contribution in [0.2, 0.25) is 0 Å². The van der Waals surface area contributed by atoms with Crippen molar-refractivity contribution in [3.63, 3.8) is 0 Å². The summed E-state index contributed by atoms with van der Waals surface area (Å²) in [5.41, 5.74) is 0.878. The van der Waals surface area contributed by atoms with Crippen LogP contribution in [-0.2, 0) is 0 Å². The lowest BCUT2D eigenvalue weighted by Gasteiger charge is -2.01. The van der Waals surface area contributed by atoms with Gasteiger partial charge in [0, 0.05) is 5.56 Å². The lowest BCUT2D eigenvalue weighted by Crippen LogP contribution is -1.95. The number of carbonyl (C=O) groups is 1. The number of ether oxygens (including phenoxy) is 1. The Balaban J connectivity index is 2.17. The lowest BCUT2D eigenvalue weighted by molar-refractivity contribution is 0.104. The fourth-order valence-electron chi connectivity index (χ4n) is 1.66. The molecule has 2 aromatic rings. The molecule has 0 aromatic heterocycles. The molecule has 0 saturated carbocycles. The predicted octanol–water partition coefficient (Wildman–Crippen LogP) is 3.87. The summed E-state index contributed by atoms with van der Waals surface area (Å²) in [4.78, 5) is 11.9. The van der Waals surface area contributed by atoms with Crippen LogP contribution in [0.5, 0.6) is 5.75 Å². The Bertz CT molecular complexity index is 663. The highest BCUT2D eigenvalue weighted by Crippen LogP contribution is 2.14. The summed E-state index contributed by atoms with van der Waals surface area (Å²) in [6, 6.07) is 10.1. The average molecular weight is 274 g/mol. The molecule has 4 heteroatoms. The van der Waals surface area contributed by atoms with Gasteiger partial charge < -0.3 is 4.74 Å². The molecule has 0 spiro atoms. The monoisotopic (exact) mass is 274 g/mol. The number of carbonyl (C=O) groups excluding carboxylic acids is 1. The van der Waals surface area contributed by atoms with E-state index in [0.717, 1.165) is 12.1 Å². The summed E-state index contributed by atoms with van der Waals surface area (Å²) in [5, 5.41) is 0. The van der Waals surface area contributed by atoms with Crippen LogP contribution in [-0.4, -0.2) is 12.9 Å². The number of methoxy groups -OCH3 is 1. The third-order valence-electron chi connectivity index (χ3n) is 2.73. The number of hydrogen-bond acceptors (Lipinski definition) is 2. The first-order chi connectivity index (χ1) is 9.60. The second-order valence-corrected chi connectivity index (χ2v) is 4.10. The molecule has 0 aliphatic rings. The predicted molar refractivity (Wildman–Crippen MR) is 72.7 cm³/mol. The summed E-state index contributed by atoms with van der Waals surface area (Å²) in [6.45, 7) is 0. The summed E-state index contributed by atoms with van der Waals surface area (Å²) in [6.07, 6.45) is 2.74. The minimum absolute atomic E-state index is 0.242. The number of ketones is 1. The molecule has 0 unspecified atom stereocenters. The van der Waals surface area contributed by atoms with Gasteiger partial charge in [0.15, 0.2) is 17.4 Å². The molecule has 0 radical (unpaired) electrons. The SMILES string of the molecule is COc1cccc(C(=O)C=Cc2ccc(F)c(F)c2)c1. The van der Waals surface area contributed by atoms with E-state index in [2.05, 4.69) is 0 Å². The molecule has 0 amide bonds. The van der Waals surface area contributed by atoms with Gasteiger partial charge in [-0.1, -0.05) is 24.3 Å². The minimum atomic E-state index is -0.944. The van der Waals surface area contributed by atoms with E-state index in [1.807, 2.05) is 0 Å². The van der Waals surface area contributed by atoms with Gasteiger partial charge in [0.25, 0.3) is 0 Å². The number of benzene rings is 2. The van der Waals surface area contributed by atoms with E-state index < -0.39 is 11.6 Å². The Hall–Kier alpha value is -2.49. The van der Waals surface area contributed by atoms with E-state index in [-0.39, 0.29) is 5.78 Å².